The topological polar surface area (TPSA) is 154 Å². The van der Waals surface area contributed by atoms with Crippen molar-refractivity contribution in [1.29, 1.82) is 0 Å². The van der Waals surface area contributed by atoms with Gasteiger partial charge in [0.05, 0.1) is 43.2 Å². The molecule has 13 nitrogen and oxygen atoms in total. The number of hydrazone groups is 1. The van der Waals surface area contributed by atoms with Crippen LogP contribution in [-0.4, -0.2) is 62.2 Å². The summed E-state index contributed by atoms with van der Waals surface area (Å²) in [5, 5.41) is 28.9. The summed E-state index contributed by atoms with van der Waals surface area (Å²) in [6.45, 7) is -0.0735. The van der Waals surface area contributed by atoms with Crippen LogP contribution < -0.4 is 14.8 Å². The van der Waals surface area contributed by atoms with Gasteiger partial charge >= 0.3 is 0 Å². The maximum absolute atomic E-state index is 13.9. The molecule has 1 aliphatic rings. The van der Waals surface area contributed by atoms with Gasteiger partial charge < -0.3 is 14.8 Å². The number of nitro groups is 1. The molecule has 0 radical (unpaired) electrons. The van der Waals surface area contributed by atoms with E-state index in [1.54, 1.807) is 18.8 Å². The van der Waals surface area contributed by atoms with E-state index in [0.29, 0.717) is 34.6 Å². The van der Waals surface area contributed by atoms with E-state index in [-0.39, 0.29) is 35.5 Å². The molecule has 6 rings (SSSR count). The van der Waals surface area contributed by atoms with Crippen molar-refractivity contribution in [3.63, 3.8) is 0 Å². The molecule has 1 aliphatic heterocycles. The summed E-state index contributed by atoms with van der Waals surface area (Å²) in [4.78, 5) is 37.2. The van der Waals surface area contributed by atoms with Crippen molar-refractivity contribution in [1.82, 2.24) is 25.1 Å². The first-order chi connectivity index (χ1) is 24.2. The number of nitrogens with one attached hydrogen (secondary N) is 1. The summed E-state index contributed by atoms with van der Waals surface area (Å²) in [7, 11) is 3.18. The summed E-state index contributed by atoms with van der Waals surface area (Å²) < 4.78 is 26.1. The van der Waals surface area contributed by atoms with E-state index in [0.717, 1.165) is 28.6 Å². The summed E-state index contributed by atoms with van der Waals surface area (Å²) in [5.41, 5.74) is 3.09. The van der Waals surface area contributed by atoms with Gasteiger partial charge in [-0.25, -0.2) is 9.40 Å². The molecule has 15 heteroatoms. The highest BCUT2D eigenvalue weighted by Crippen LogP contribution is 2.35. The van der Waals surface area contributed by atoms with Crippen molar-refractivity contribution in [2.45, 2.75) is 24.2 Å². The minimum absolute atomic E-state index is 0.0550. The summed E-state index contributed by atoms with van der Waals surface area (Å²) in [6, 6.07) is 25.4. The third-order valence-electron chi connectivity index (χ3n) is 7.95. The molecule has 4 aromatic carbocycles. The van der Waals surface area contributed by atoms with Crippen LogP contribution in [0.4, 0.5) is 10.1 Å². The lowest BCUT2D eigenvalue weighted by Gasteiger charge is -2.22. The molecule has 5 aromatic rings. The second-order valence-electron chi connectivity index (χ2n) is 11.0. The van der Waals surface area contributed by atoms with Crippen molar-refractivity contribution in [3.8, 4) is 17.2 Å². The van der Waals surface area contributed by atoms with Gasteiger partial charge in [0, 0.05) is 29.8 Å². The molecule has 1 N–H and O–H groups in total. The minimum Gasteiger partial charge on any atom is -0.497 e. The van der Waals surface area contributed by atoms with E-state index in [1.807, 2.05) is 48.5 Å². The van der Waals surface area contributed by atoms with Crippen LogP contribution in [0.25, 0.3) is 5.69 Å². The number of aromatic nitrogens is 3. The zero-order chi connectivity index (χ0) is 35.2. The molecular formula is C35H30FN7O6S. The number of carbonyl (C=O) groups excluding carboxylic acids is 2. The molecule has 0 spiro atoms. The predicted molar refractivity (Wildman–Crippen MR) is 183 cm³/mol. The lowest BCUT2D eigenvalue weighted by atomic mass is 9.98. The van der Waals surface area contributed by atoms with Crippen LogP contribution in [0, 0.1) is 15.9 Å². The average molecular weight is 696 g/mol. The van der Waals surface area contributed by atoms with E-state index in [9.17, 15) is 24.1 Å². The van der Waals surface area contributed by atoms with Gasteiger partial charge in [0.25, 0.3) is 17.5 Å². The highest BCUT2D eigenvalue weighted by Gasteiger charge is 2.33. The normalized spacial score (nSPS) is 13.9. The second-order valence-corrected chi connectivity index (χ2v) is 11.9. The van der Waals surface area contributed by atoms with Gasteiger partial charge in [0.2, 0.25) is 0 Å². The summed E-state index contributed by atoms with van der Waals surface area (Å²) in [5.74, 6) is 0.459. The number of non-ortho nitro benzene ring substituents is 1. The van der Waals surface area contributed by atoms with Crippen molar-refractivity contribution < 1.29 is 28.4 Å². The summed E-state index contributed by atoms with van der Waals surface area (Å²) >= 11 is 1.12. The van der Waals surface area contributed by atoms with E-state index in [1.165, 1.54) is 53.5 Å². The number of methoxy groups -OCH3 is 2. The Bertz CT molecular complexity index is 2040. The zero-order valence-corrected chi connectivity index (χ0v) is 27.7. The molecule has 1 aromatic heterocycles. The van der Waals surface area contributed by atoms with Gasteiger partial charge in [-0.2, -0.15) is 5.10 Å². The first-order valence-corrected chi connectivity index (χ1v) is 16.3. The number of amides is 2. The van der Waals surface area contributed by atoms with Gasteiger partial charge in [0.1, 0.15) is 17.3 Å². The van der Waals surface area contributed by atoms with Gasteiger partial charge in [-0.15, -0.1) is 10.2 Å². The number of thioether (sulfide) groups is 1. The van der Waals surface area contributed by atoms with Crippen LogP contribution in [-0.2, 0) is 11.3 Å². The number of benzene rings is 4. The average Bonchev–Trinajstić information content (AvgIpc) is 3.78. The van der Waals surface area contributed by atoms with Crippen molar-refractivity contribution >= 4 is 35.0 Å². The van der Waals surface area contributed by atoms with Crippen LogP contribution in [0.1, 0.15) is 39.8 Å². The first-order valence-electron chi connectivity index (χ1n) is 15.3. The number of halogens is 1. The molecule has 0 unspecified atom stereocenters. The number of hydrogen-bond donors (Lipinski definition) is 1. The van der Waals surface area contributed by atoms with E-state index < -0.39 is 16.6 Å². The molecule has 0 saturated heterocycles. The van der Waals surface area contributed by atoms with Crippen molar-refractivity contribution in [2.24, 2.45) is 5.10 Å². The summed E-state index contributed by atoms with van der Waals surface area (Å²) in [6.07, 6.45) is 0.486. The Hall–Kier alpha value is -6.09. The number of carbonyl (C=O) groups is 2. The van der Waals surface area contributed by atoms with Crippen LogP contribution in [0.2, 0.25) is 0 Å². The van der Waals surface area contributed by atoms with Crippen LogP contribution in [0.15, 0.2) is 107 Å². The minimum atomic E-state index is -0.550. The van der Waals surface area contributed by atoms with E-state index in [2.05, 4.69) is 15.5 Å². The first kappa shape index (κ1) is 33.8. The molecule has 254 valence electrons. The third kappa shape index (κ3) is 7.47. The lowest BCUT2D eigenvalue weighted by molar-refractivity contribution is -0.384. The molecule has 2 heterocycles. The van der Waals surface area contributed by atoms with Crippen LogP contribution in [0.3, 0.4) is 0 Å². The highest BCUT2D eigenvalue weighted by molar-refractivity contribution is 7.99. The van der Waals surface area contributed by atoms with Gasteiger partial charge in [-0.3, -0.25) is 24.3 Å². The Kier molecular flexibility index (Phi) is 10.1. The molecule has 0 bridgehead atoms. The van der Waals surface area contributed by atoms with Gasteiger partial charge in [-0.1, -0.05) is 23.9 Å². The van der Waals surface area contributed by atoms with E-state index >= 15 is 0 Å². The SMILES string of the molecule is COc1ccc(C2=NN(C(=O)CSc3nnc(CNC(=O)c4ccc([N+](=O)[O-])cc4)n3-c3ccc(F)cc3)[C@@H](c3ccc(OC)cc3)C2)cc1. The number of nitrogens with zero attached hydrogens (tertiary/aromatic N) is 6. The maximum atomic E-state index is 13.9. The van der Waals surface area contributed by atoms with Gasteiger partial charge in [0.15, 0.2) is 11.0 Å². The smallest absolute Gasteiger partial charge is 0.269 e. The van der Waals surface area contributed by atoms with Crippen molar-refractivity contribution in [3.05, 3.63) is 136 Å². The highest BCUT2D eigenvalue weighted by atomic mass is 32.2. The zero-order valence-electron chi connectivity index (χ0n) is 26.9. The number of ether oxygens (including phenoxy) is 2. The Labute approximate surface area is 289 Å². The Balaban J connectivity index is 1.23. The quantitative estimate of drug-likeness (QED) is 0.0979. The second kappa shape index (κ2) is 15.0. The Morgan fingerprint density at radius 1 is 0.920 bits per heavy atom. The Morgan fingerprint density at radius 2 is 1.56 bits per heavy atom. The monoisotopic (exact) mass is 695 g/mol. The standard InChI is InChI=1S/C35H30FN7O6S/c1-48-28-15-5-22(6-16-28)30-19-31(23-7-17-29(49-2)18-8-23)42(40-30)33(44)21-50-35-39-38-32(41(35)26-13-9-25(36)10-14-26)20-37-34(45)24-3-11-27(12-4-24)43(46)47/h3-18,31H,19-21H2,1-2H3,(H,37,45)/t31-/m1/s1. The molecule has 50 heavy (non-hydrogen) atoms. The number of hydrogen-bond acceptors (Lipinski definition) is 10. The third-order valence-corrected chi connectivity index (χ3v) is 8.86. The lowest BCUT2D eigenvalue weighted by Crippen LogP contribution is -2.28. The van der Waals surface area contributed by atoms with E-state index in [4.69, 9.17) is 14.6 Å². The molecule has 2 amide bonds. The fraction of sp³-hybridized carbons (Fsp3) is 0.171. The van der Waals surface area contributed by atoms with Gasteiger partial charge in [-0.05, 0) is 83.9 Å². The maximum Gasteiger partial charge on any atom is 0.269 e. The molecule has 0 aliphatic carbocycles. The molecule has 1 atom stereocenters. The fourth-order valence-electron chi connectivity index (χ4n) is 5.33. The largest absolute Gasteiger partial charge is 0.497 e. The number of rotatable bonds is 12. The van der Waals surface area contributed by atoms with Crippen molar-refractivity contribution in [2.75, 3.05) is 20.0 Å². The molecule has 0 saturated carbocycles. The number of nitro benzene ring substituents is 1. The fourth-order valence-corrected chi connectivity index (χ4v) is 6.15. The predicted octanol–water partition coefficient (Wildman–Crippen LogP) is 5.73. The molecular weight excluding hydrogens is 665 g/mol. The Morgan fingerprint density at radius 3 is 2.18 bits per heavy atom. The molecule has 0 fully saturated rings. The van der Waals surface area contributed by atoms with Crippen LogP contribution >= 0.6 is 11.8 Å². The van der Waals surface area contributed by atoms with Crippen LogP contribution in [0.5, 0.6) is 11.5 Å².